The number of rotatable bonds is 6. The van der Waals surface area contributed by atoms with Crippen LogP contribution < -0.4 is 10.1 Å². The zero-order valence-electron chi connectivity index (χ0n) is 17.4. The number of methoxy groups -OCH3 is 1. The Hall–Kier alpha value is -3.68. The Morgan fingerprint density at radius 3 is 2.48 bits per heavy atom. The quantitative estimate of drug-likeness (QED) is 0.658. The van der Waals surface area contributed by atoms with Crippen molar-refractivity contribution in [3.63, 3.8) is 0 Å². The largest absolute Gasteiger partial charge is 0.497 e. The summed E-state index contributed by atoms with van der Waals surface area (Å²) in [5, 5.41) is 6.91. The van der Waals surface area contributed by atoms with Crippen molar-refractivity contribution in [3.8, 4) is 16.9 Å². The van der Waals surface area contributed by atoms with Crippen LogP contribution in [-0.4, -0.2) is 58.2 Å². The molecule has 1 fully saturated rings. The topological polar surface area (TPSA) is 89.3 Å². The molecule has 2 aromatic carbocycles. The number of aromatic nitrogens is 3. The molecule has 160 valence electrons. The Kier molecular flexibility index (Phi) is 6.26. The van der Waals surface area contributed by atoms with Crippen LogP contribution in [0.15, 0.2) is 61.2 Å². The van der Waals surface area contributed by atoms with E-state index in [2.05, 4.69) is 27.5 Å². The highest BCUT2D eigenvalue weighted by Crippen LogP contribution is 2.23. The predicted octanol–water partition coefficient (Wildman–Crippen LogP) is 1.77. The Morgan fingerprint density at radius 1 is 1.13 bits per heavy atom. The van der Waals surface area contributed by atoms with Crippen molar-refractivity contribution in [3.05, 3.63) is 66.7 Å². The lowest BCUT2D eigenvalue weighted by Crippen LogP contribution is -2.39. The third kappa shape index (κ3) is 5.09. The van der Waals surface area contributed by atoms with Crippen LogP contribution in [0.3, 0.4) is 0 Å². The monoisotopic (exact) mass is 419 g/mol. The normalized spacial score (nSPS) is 16.5. The second kappa shape index (κ2) is 9.42. The van der Waals surface area contributed by atoms with Crippen LogP contribution in [0.2, 0.25) is 0 Å². The van der Waals surface area contributed by atoms with Crippen LogP contribution in [0, 0.1) is 5.92 Å². The van der Waals surface area contributed by atoms with Crippen molar-refractivity contribution in [1.29, 1.82) is 0 Å². The lowest BCUT2D eigenvalue weighted by Gasteiger charge is -2.23. The van der Waals surface area contributed by atoms with Gasteiger partial charge in [-0.3, -0.25) is 9.59 Å². The second-order valence-corrected chi connectivity index (χ2v) is 7.55. The minimum Gasteiger partial charge on any atom is -0.497 e. The van der Waals surface area contributed by atoms with E-state index in [9.17, 15) is 9.59 Å². The molecule has 4 rings (SSSR count). The summed E-state index contributed by atoms with van der Waals surface area (Å²) in [6, 6.07) is 16.1. The van der Waals surface area contributed by atoms with Gasteiger partial charge in [-0.05, 0) is 35.2 Å². The first-order valence-electron chi connectivity index (χ1n) is 10.2. The van der Waals surface area contributed by atoms with E-state index < -0.39 is 0 Å². The summed E-state index contributed by atoms with van der Waals surface area (Å²) in [5.41, 5.74) is 3.26. The molecule has 1 N–H and O–H groups in total. The molecule has 2 heterocycles. The van der Waals surface area contributed by atoms with E-state index in [1.165, 1.54) is 17.3 Å². The van der Waals surface area contributed by atoms with Crippen molar-refractivity contribution in [2.24, 2.45) is 5.92 Å². The van der Waals surface area contributed by atoms with Crippen molar-refractivity contribution in [1.82, 2.24) is 25.0 Å². The molecule has 8 heteroatoms. The van der Waals surface area contributed by atoms with E-state index in [0.29, 0.717) is 26.1 Å². The Balaban J connectivity index is 1.42. The number of carbonyl (C=O) groups is 2. The molecule has 1 aliphatic heterocycles. The Bertz CT molecular complexity index is 1020. The smallest absolute Gasteiger partial charge is 0.244 e. The van der Waals surface area contributed by atoms with E-state index >= 15 is 0 Å². The fourth-order valence-electron chi connectivity index (χ4n) is 3.74. The standard InChI is InChI=1S/C23H25N5O3/c1-31-21-8-6-19(7-9-21)18-4-2-17(3-5-18)12-20-13-27(11-10-25-23(20)30)22(29)14-28-16-24-15-26-28/h2-9,15-16,20H,10-14H2,1H3,(H,25,30). The van der Waals surface area contributed by atoms with Crippen LogP contribution in [0.5, 0.6) is 5.75 Å². The molecule has 0 bridgehead atoms. The van der Waals surface area contributed by atoms with Gasteiger partial charge in [0.15, 0.2) is 0 Å². The molecule has 0 spiro atoms. The van der Waals surface area contributed by atoms with Crippen molar-refractivity contribution in [2.45, 2.75) is 13.0 Å². The van der Waals surface area contributed by atoms with Gasteiger partial charge in [0, 0.05) is 19.6 Å². The van der Waals surface area contributed by atoms with Gasteiger partial charge in [-0.1, -0.05) is 36.4 Å². The maximum Gasteiger partial charge on any atom is 0.244 e. The lowest BCUT2D eigenvalue weighted by atomic mass is 9.96. The van der Waals surface area contributed by atoms with Gasteiger partial charge in [-0.15, -0.1) is 0 Å². The molecule has 1 aliphatic rings. The number of amides is 2. The fraction of sp³-hybridized carbons (Fsp3) is 0.304. The summed E-state index contributed by atoms with van der Waals surface area (Å²) in [5.74, 6) is 0.439. The van der Waals surface area contributed by atoms with Gasteiger partial charge >= 0.3 is 0 Å². The average Bonchev–Trinajstić information content (AvgIpc) is 3.24. The third-order valence-corrected chi connectivity index (χ3v) is 5.47. The van der Waals surface area contributed by atoms with Crippen molar-refractivity contribution >= 4 is 11.8 Å². The summed E-state index contributed by atoms with van der Waals surface area (Å²) < 4.78 is 6.71. The molecule has 31 heavy (non-hydrogen) atoms. The maximum absolute atomic E-state index is 12.7. The molecule has 2 amide bonds. The molecular formula is C23H25N5O3. The molecule has 1 saturated heterocycles. The van der Waals surface area contributed by atoms with Crippen LogP contribution in [-0.2, 0) is 22.6 Å². The summed E-state index contributed by atoms with van der Waals surface area (Å²) >= 11 is 0. The number of ether oxygens (including phenoxy) is 1. The van der Waals surface area contributed by atoms with Crippen molar-refractivity contribution < 1.29 is 14.3 Å². The highest BCUT2D eigenvalue weighted by Gasteiger charge is 2.28. The van der Waals surface area contributed by atoms with Crippen LogP contribution in [0.1, 0.15) is 5.56 Å². The van der Waals surface area contributed by atoms with E-state index in [0.717, 1.165) is 22.4 Å². The molecule has 1 atom stereocenters. The minimum atomic E-state index is -0.297. The van der Waals surface area contributed by atoms with Gasteiger partial charge in [0.25, 0.3) is 0 Å². The second-order valence-electron chi connectivity index (χ2n) is 7.55. The van der Waals surface area contributed by atoms with E-state index in [-0.39, 0.29) is 24.3 Å². The minimum absolute atomic E-state index is 0.0183. The van der Waals surface area contributed by atoms with Gasteiger partial charge in [0.1, 0.15) is 24.9 Å². The number of nitrogens with zero attached hydrogens (tertiary/aromatic N) is 4. The first kappa shape index (κ1) is 20.6. The summed E-state index contributed by atoms with van der Waals surface area (Å²) in [7, 11) is 1.65. The summed E-state index contributed by atoms with van der Waals surface area (Å²) in [6.45, 7) is 1.46. The molecule has 8 nitrogen and oxygen atoms in total. The highest BCUT2D eigenvalue weighted by molar-refractivity contribution is 5.82. The van der Waals surface area contributed by atoms with E-state index in [1.54, 1.807) is 12.0 Å². The number of benzene rings is 2. The van der Waals surface area contributed by atoms with Gasteiger partial charge in [-0.25, -0.2) is 9.67 Å². The molecule has 0 aliphatic carbocycles. The molecule has 1 unspecified atom stereocenters. The molecule has 3 aromatic rings. The van der Waals surface area contributed by atoms with Gasteiger partial charge < -0.3 is 15.0 Å². The lowest BCUT2D eigenvalue weighted by molar-refractivity contribution is -0.132. The summed E-state index contributed by atoms with van der Waals surface area (Å²) in [6.07, 6.45) is 3.49. The van der Waals surface area contributed by atoms with E-state index in [4.69, 9.17) is 4.74 Å². The zero-order chi connectivity index (χ0) is 21.6. The Morgan fingerprint density at radius 2 is 1.84 bits per heavy atom. The van der Waals surface area contributed by atoms with Crippen molar-refractivity contribution in [2.75, 3.05) is 26.7 Å². The number of carbonyl (C=O) groups excluding carboxylic acids is 2. The third-order valence-electron chi connectivity index (χ3n) is 5.47. The SMILES string of the molecule is COc1ccc(-c2ccc(CC3CN(C(=O)Cn4cncn4)CCNC3=O)cc2)cc1. The van der Waals surface area contributed by atoms with Gasteiger partial charge in [0.05, 0.1) is 13.0 Å². The number of hydrogen-bond acceptors (Lipinski definition) is 5. The fourth-order valence-corrected chi connectivity index (χ4v) is 3.74. The van der Waals surface area contributed by atoms with Gasteiger partial charge in [-0.2, -0.15) is 5.10 Å². The maximum atomic E-state index is 12.7. The molecule has 1 aromatic heterocycles. The molecule has 0 saturated carbocycles. The summed E-state index contributed by atoms with van der Waals surface area (Å²) in [4.78, 5) is 30.8. The predicted molar refractivity (Wildman–Crippen MR) is 115 cm³/mol. The van der Waals surface area contributed by atoms with Crippen LogP contribution >= 0.6 is 0 Å². The van der Waals surface area contributed by atoms with E-state index in [1.807, 2.05) is 36.4 Å². The Labute approximate surface area is 180 Å². The highest BCUT2D eigenvalue weighted by atomic mass is 16.5. The molecular weight excluding hydrogens is 394 g/mol. The zero-order valence-corrected chi connectivity index (χ0v) is 17.4. The van der Waals surface area contributed by atoms with Gasteiger partial charge in [0.2, 0.25) is 11.8 Å². The first-order valence-corrected chi connectivity index (χ1v) is 10.2. The van der Waals surface area contributed by atoms with Crippen LogP contribution in [0.4, 0.5) is 0 Å². The average molecular weight is 419 g/mol. The molecule has 0 radical (unpaired) electrons. The first-order chi connectivity index (χ1) is 15.1. The number of nitrogens with one attached hydrogen (secondary N) is 1. The van der Waals surface area contributed by atoms with Crippen LogP contribution in [0.25, 0.3) is 11.1 Å². The number of hydrogen-bond donors (Lipinski definition) is 1.